The van der Waals surface area contributed by atoms with Crippen molar-refractivity contribution in [3.8, 4) is 11.3 Å². The van der Waals surface area contributed by atoms with Gasteiger partial charge in [0.05, 0.1) is 12.1 Å². The second kappa shape index (κ2) is 8.23. The summed E-state index contributed by atoms with van der Waals surface area (Å²) in [6, 6.07) is 12.8. The molecule has 1 amide bonds. The van der Waals surface area contributed by atoms with Gasteiger partial charge in [-0.2, -0.15) is 0 Å². The molecule has 1 N–H and O–H groups in total. The van der Waals surface area contributed by atoms with E-state index in [1.807, 2.05) is 17.5 Å². The Morgan fingerprint density at radius 3 is 2.67 bits per heavy atom. The number of thiophene rings is 1. The highest BCUT2D eigenvalue weighted by Crippen LogP contribution is 2.29. The molecule has 1 saturated heterocycles. The SMILES string of the molecule is Cc1ccc(-c2csc(N3CCC(NC(=O)Cc4cccs4)CC3)n2)cc1. The van der Waals surface area contributed by atoms with E-state index < -0.39 is 0 Å². The third-order valence-corrected chi connectivity index (χ3v) is 6.66. The zero-order valence-corrected chi connectivity index (χ0v) is 17.0. The third-order valence-electron chi connectivity index (χ3n) is 4.88. The van der Waals surface area contributed by atoms with Gasteiger partial charge in [0.25, 0.3) is 0 Å². The Labute approximate surface area is 167 Å². The molecule has 3 aromatic rings. The fraction of sp³-hybridized carbons (Fsp3) is 0.333. The van der Waals surface area contributed by atoms with E-state index in [2.05, 4.69) is 46.8 Å². The van der Waals surface area contributed by atoms with Crippen LogP contribution in [0.1, 0.15) is 23.3 Å². The van der Waals surface area contributed by atoms with Crippen LogP contribution in [0.3, 0.4) is 0 Å². The van der Waals surface area contributed by atoms with Gasteiger partial charge in [-0.3, -0.25) is 4.79 Å². The molecule has 1 aromatic carbocycles. The first kappa shape index (κ1) is 18.2. The molecule has 4 rings (SSSR count). The van der Waals surface area contributed by atoms with Gasteiger partial charge in [0, 0.05) is 35.0 Å². The lowest BCUT2D eigenvalue weighted by molar-refractivity contribution is -0.121. The van der Waals surface area contributed by atoms with E-state index in [4.69, 9.17) is 4.98 Å². The number of aromatic nitrogens is 1. The molecule has 0 aliphatic carbocycles. The summed E-state index contributed by atoms with van der Waals surface area (Å²) in [5.74, 6) is 0.131. The maximum Gasteiger partial charge on any atom is 0.225 e. The van der Waals surface area contributed by atoms with Crippen LogP contribution >= 0.6 is 22.7 Å². The first-order chi connectivity index (χ1) is 13.2. The van der Waals surface area contributed by atoms with Crippen molar-refractivity contribution >= 4 is 33.7 Å². The molecule has 6 heteroatoms. The van der Waals surface area contributed by atoms with E-state index >= 15 is 0 Å². The van der Waals surface area contributed by atoms with Crippen LogP contribution in [-0.4, -0.2) is 30.0 Å². The second-order valence-corrected chi connectivity index (χ2v) is 8.84. The van der Waals surface area contributed by atoms with E-state index in [0.717, 1.165) is 41.6 Å². The van der Waals surface area contributed by atoms with Crippen LogP contribution in [0, 0.1) is 6.92 Å². The van der Waals surface area contributed by atoms with Gasteiger partial charge in [-0.05, 0) is 31.2 Å². The van der Waals surface area contributed by atoms with E-state index in [-0.39, 0.29) is 11.9 Å². The number of carbonyl (C=O) groups excluding carboxylic acids is 1. The summed E-state index contributed by atoms with van der Waals surface area (Å²) in [5, 5.41) is 8.41. The molecule has 2 aromatic heterocycles. The van der Waals surface area contributed by atoms with Gasteiger partial charge >= 0.3 is 0 Å². The molecule has 0 radical (unpaired) electrons. The van der Waals surface area contributed by atoms with Crippen LogP contribution in [0.4, 0.5) is 5.13 Å². The van der Waals surface area contributed by atoms with E-state index in [0.29, 0.717) is 6.42 Å². The molecule has 1 aliphatic rings. The molecule has 0 spiro atoms. The van der Waals surface area contributed by atoms with Crippen molar-refractivity contribution in [2.75, 3.05) is 18.0 Å². The average molecular weight is 398 g/mol. The zero-order chi connectivity index (χ0) is 18.6. The minimum absolute atomic E-state index is 0.131. The number of thiazole rings is 1. The predicted molar refractivity (Wildman–Crippen MR) is 114 cm³/mol. The van der Waals surface area contributed by atoms with Crippen molar-refractivity contribution in [2.45, 2.75) is 32.2 Å². The van der Waals surface area contributed by atoms with Crippen molar-refractivity contribution in [1.82, 2.24) is 10.3 Å². The summed E-state index contributed by atoms with van der Waals surface area (Å²) in [6.45, 7) is 3.97. The van der Waals surface area contributed by atoms with Gasteiger partial charge in [-0.15, -0.1) is 22.7 Å². The fourth-order valence-corrected chi connectivity index (χ4v) is 4.92. The molecular formula is C21H23N3OS2. The van der Waals surface area contributed by atoms with Crippen LogP contribution in [0.2, 0.25) is 0 Å². The minimum Gasteiger partial charge on any atom is -0.353 e. The summed E-state index contributed by atoms with van der Waals surface area (Å²) in [5.41, 5.74) is 3.47. The molecule has 27 heavy (non-hydrogen) atoms. The van der Waals surface area contributed by atoms with E-state index in [9.17, 15) is 4.79 Å². The van der Waals surface area contributed by atoms with Crippen LogP contribution in [0.5, 0.6) is 0 Å². The van der Waals surface area contributed by atoms with Gasteiger partial charge < -0.3 is 10.2 Å². The highest BCUT2D eigenvalue weighted by Gasteiger charge is 2.22. The van der Waals surface area contributed by atoms with Crippen LogP contribution in [0.25, 0.3) is 11.3 Å². The zero-order valence-electron chi connectivity index (χ0n) is 15.4. The highest BCUT2D eigenvalue weighted by molar-refractivity contribution is 7.14. The first-order valence-corrected chi connectivity index (χ1v) is 11.0. The average Bonchev–Trinajstić information content (AvgIpc) is 3.35. The Morgan fingerprint density at radius 1 is 1.19 bits per heavy atom. The van der Waals surface area contributed by atoms with Gasteiger partial charge in [0.2, 0.25) is 5.91 Å². The highest BCUT2D eigenvalue weighted by atomic mass is 32.1. The van der Waals surface area contributed by atoms with Crippen molar-refractivity contribution in [1.29, 1.82) is 0 Å². The molecule has 0 atom stereocenters. The molecule has 140 valence electrons. The summed E-state index contributed by atoms with van der Waals surface area (Å²) < 4.78 is 0. The lowest BCUT2D eigenvalue weighted by Crippen LogP contribution is -2.45. The molecule has 3 heterocycles. The lowest BCUT2D eigenvalue weighted by Gasteiger charge is -2.32. The molecule has 0 saturated carbocycles. The van der Waals surface area contributed by atoms with Crippen molar-refractivity contribution in [3.63, 3.8) is 0 Å². The first-order valence-electron chi connectivity index (χ1n) is 9.26. The number of amides is 1. The van der Waals surface area contributed by atoms with Gasteiger partial charge in [0.15, 0.2) is 5.13 Å². The summed E-state index contributed by atoms with van der Waals surface area (Å²) in [6.07, 6.45) is 2.43. The Hall–Kier alpha value is -2.18. The number of anilines is 1. The van der Waals surface area contributed by atoms with E-state index in [1.165, 1.54) is 11.1 Å². The summed E-state index contributed by atoms with van der Waals surface area (Å²) in [4.78, 5) is 20.5. The quantitative estimate of drug-likeness (QED) is 0.689. The topological polar surface area (TPSA) is 45.2 Å². The Balaban J connectivity index is 1.30. The third kappa shape index (κ3) is 4.57. The van der Waals surface area contributed by atoms with Gasteiger partial charge in [-0.1, -0.05) is 35.9 Å². The van der Waals surface area contributed by atoms with Gasteiger partial charge in [0.1, 0.15) is 0 Å². The molecular weight excluding hydrogens is 374 g/mol. The Kier molecular flexibility index (Phi) is 5.55. The lowest BCUT2D eigenvalue weighted by atomic mass is 10.1. The van der Waals surface area contributed by atoms with Crippen molar-refractivity contribution < 1.29 is 4.79 Å². The maximum atomic E-state index is 12.2. The minimum atomic E-state index is 0.131. The van der Waals surface area contributed by atoms with Crippen molar-refractivity contribution in [3.05, 3.63) is 57.6 Å². The number of benzene rings is 1. The van der Waals surface area contributed by atoms with Gasteiger partial charge in [-0.25, -0.2) is 4.98 Å². The molecule has 4 nitrogen and oxygen atoms in total. The molecule has 1 fully saturated rings. The number of nitrogens with one attached hydrogen (secondary N) is 1. The molecule has 0 unspecified atom stereocenters. The Morgan fingerprint density at radius 2 is 1.96 bits per heavy atom. The molecule has 1 aliphatic heterocycles. The number of aryl methyl sites for hydroxylation is 1. The van der Waals surface area contributed by atoms with Crippen LogP contribution < -0.4 is 10.2 Å². The number of rotatable bonds is 5. The summed E-state index contributed by atoms with van der Waals surface area (Å²) >= 11 is 3.34. The molecule has 0 bridgehead atoms. The number of nitrogens with zero attached hydrogens (tertiary/aromatic N) is 2. The standard InChI is InChI=1S/C21H23N3OS2/c1-15-4-6-16(7-5-15)19-14-27-21(23-19)24-10-8-17(9-11-24)22-20(25)13-18-3-2-12-26-18/h2-7,12,14,17H,8-11,13H2,1H3,(H,22,25). The number of hydrogen-bond acceptors (Lipinski definition) is 5. The number of piperidine rings is 1. The van der Waals surface area contributed by atoms with Crippen LogP contribution in [-0.2, 0) is 11.2 Å². The van der Waals surface area contributed by atoms with E-state index in [1.54, 1.807) is 22.7 Å². The fourth-order valence-electron chi connectivity index (χ4n) is 3.33. The number of hydrogen-bond donors (Lipinski definition) is 1. The largest absolute Gasteiger partial charge is 0.353 e. The number of carbonyl (C=O) groups is 1. The second-order valence-electron chi connectivity index (χ2n) is 6.97. The summed E-state index contributed by atoms with van der Waals surface area (Å²) in [7, 11) is 0. The maximum absolute atomic E-state index is 12.2. The Bertz CT molecular complexity index is 879. The predicted octanol–water partition coefficient (Wildman–Crippen LogP) is 4.51. The normalized spacial score (nSPS) is 15.1. The van der Waals surface area contributed by atoms with Crippen molar-refractivity contribution in [2.24, 2.45) is 0 Å². The monoisotopic (exact) mass is 397 g/mol. The smallest absolute Gasteiger partial charge is 0.225 e. The van der Waals surface area contributed by atoms with Crippen LogP contribution in [0.15, 0.2) is 47.2 Å².